The van der Waals surface area contributed by atoms with Gasteiger partial charge in [0, 0.05) is 23.7 Å². The Morgan fingerprint density at radius 3 is 2.45 bits per heavy atom. The predicted molar refractivity (Wildman–Crippen MR) is 114 cm³/mol. The number of carbonyl (C=O) groups excluding carboxylic acids is 2. The first-order valence-electron chi connectivity index (χ1n) is 9.71. The molecule has 0 fully saturated rings. The number of H-pyrrole nitrogens is 1. The number of hydrogen-bond donors (Lipinski definition) is 2. The zero-order chi connectivity index (χ0) is 22.0. The molecule has 5 nitrogen and oxygen atoms in total. The second-order valence-corrected chi connectivity index (χ2v) is 7.30. The molecule has 1 atom stereocenters. The Morgan fingerprint density at radius 2 is 1.74 bits per heavy atom. The Hall–Kier alpha value is -3.87. The van der Waals surface area contributed by atoms with Crippen molar-refractivity contribution in [1.29, 1.82) is 0 Å². The van der Waals surface area contributed by atoms with Gasteiger partial charge >= 0.3 is 0 Å². The van der Waals surface area contributed by atoms with Gasteiger partial charge in [0.1, 0.15) is 5.82 Å². The topological polar surface area (TPSA) is 74.8 Å². The molecule has 1 heterocycles. The van der Waals surface area contributed by atoms with Crippen molar-refractivity contribution >= 4 is 28.4 Å². The van der Waals surface area contributed by atoms with Crippen molar-refractivity contribution in [2.75, 3.05) is 5.32 Å². The normalized spacial score (nSPS) is 12.0. The quantitative estimate of drug-likeness (QED) is 0.425. The Kier molecular flexibility index (Phi) is 5.58. The van der Waals surface area contributed by atoms with E-state index in [-0.39, 0.29) is 17.9 Å². The smallest absolute Gasteiger partial charge is 0.225 e. The molecule has 0 aliphatic heterocycles. The number of nitrogens with zero attached hydrogens (tertiary/aromatic N) is 1. The number of aromatic nitrogens is 2. The number of ketones is 1. The Bertz CT molecular complexity index is 1230. The molecule has 4 rings (SSSR count). The van der Waals surface area contributed by atoms with E-state index in [2.05, 4.69) is 15.3 Å². The number of Topliss-reactive ketones (excluding diaryl/α,β-unsaturated/α-hetero) is 1. The first-order chi connectivity index (χ1) is 14.9. The maximum absolute atomic E-state index is 13.5. The molecule has 0 aliphatic carbocycles. The average molecular weight is 419 g/mol. The highest BCUT2D eigenvalue weighted by Crippen LogP contribution is 2.26. The van der Waals surface area contributed by atoms with Gasteiger partial charge in [-0.1, -0.05) is 42.0 Å². The summed E-state index contributed by atoms with van der Waals surface area (Å²) in [5.74, 6) is -3.36. The average Bonchev–Trinajstić information content (AvgIpc) is 3.19. The van der Waals surface area contributed by atoms with E-state index in [0.29, 0.717) is 16.9 Å². The predicted octanol–water partition coefficient (Wildman–Crippen LogP) is 5.14. The van der Waals surface area contributed by atoms with E-state index in [1.165, 1.54) is 6.07 Å². The molecular weight excluding hydrogens is 400 g/mol. The SMILES string of the molecule is Cc1ccc(C(=O)[C@@H](CC(=O)Nc2ccc(F)c(F)c2)c2nc3ccccc3[nH]2)cc1. The highest BCUT2D eigenvalue weighted by molar-refractivity contribution is 6.04. The van der Waals surface area contributed by atoms with Crippen LogP contribution in [-0.2, 0) is 4.79 Å². The molecule has 1 amide bonds. The number of aromatic amines is 1. The van der Waals surface area contributed by atoms with Crippen molar-refractivity contribution < 1.29 is 18.4 Å². The fourth-order valence-corrected chi connectivity index (χ4v) is 3.34. The van der Waals surface area contributed by atoms with Crippen LogP contribution in [0.2, 0.25) is 0 Å². The van der Waals surface area contributed by atoms with E-state index in [4.69, 9.17) is 0 Å². The monoisotopic (exact) mass is 419 g/mol. The number of anilines is 1. The van der Waals surface area contributed by atoms with Crippen molar-refractivity contribution in [3.8, 4) is 0 Å². The number of carbonyl (C=O) groups is 2. The fraction of sp³-hybridized carbons (Fsp3) is 0.125. The van der Waals surface area contributed by atoms with E-state index in [1.54, 1.807) is 12.1 Å². The molecule has 0 unspecified atom stereocenters. The van der Waals surface area contributed by atoms with Crippen LogP contribution in [0.4, 0.5) is 14.5 Å². The molecular formula is C24H19F2N3O2. The third-order valence-corrected chi connectivity index (χ3v) is 4.98. The van der Waals surface area contributed by atoms with Crippen LogP contribution in [-0.4, -0.2) is 21.7 Å². The molecule has 0 saturated carbocycles. The molecule has 0 radical (unpaired) electrons. The summed E-state index contributed by atoms with van der Waals surface area (Å²) in [7, 11) is 0. The fourth-order valence-electron chi connectivity index (χ4n) is 3.34. The van der Waals surface area contributed by atoms with Gasteiger partial charge in [0.15, 0.2) is 17.4 Å². The standard InChI is InChI=1S/C24H19F2N3O2/c1-14-6-8-15(9-7-14)23(31)17(24-28-20-4-2-3-5-21(20)29-24)13-22(30)27-16-10-11-18(25)19(26)12-16/h2-12,17H,13H2,1H3,(H,27,30)(H,28,29)/t17-/m1/s1. The summed E-state index contributed by atoms with van der Waals surface area (Å²) in [5.41, 5.74) is 3.00. The molecule has 3 aromatic carbocycles. The molecule has 7 heteroatoms. The number of hydrogen-bond acceptors (Lipinski definition) is 3. The Morgan fingerprint density at radius 1 is 1.00 bits per heavy atom. The summed E-state index contributed by atoms with van der Waals surface area (Å²) in [6.45, 7) is 1.92. The van der Waals surface area contributed by atoms with Gasteiger partial charge in [0.25, 0.3) is 0 Å². The van der Waals surface area contributed by atoms with Crippen molar-refractivity contribution in [3.05, 3.63) is 95.3 Å². The van der Waals surface area contributed by atoms with Crippen LogP contribution in [0.3, 0.4) is 0 Å². The van der Waals surface area contributed by atoms with Gasteiger partial charge in [0.2, 0.25) is 5.91 Å². The van der Waals surface area contributed by atoms with Gasteiger partial charge in [0.05, 0.1) is 17.0 Å². The van der Waals surface area contributed by atoms with Crippen LogP contribution in [0.5, 0.6) is 0 Å². The zero-order valence-electron chi connectivity index (χ0n) is 16.7. The van der Waals surface area contributed by atoms with Gasteiger partial charge in [-0.25, -0.2) is 13.8 Å². The van der Waals surface area contributed by atoms with Crippen LogP contribution >= 0.6 is 0 Å². The number of benzene rings is 3. The number of para-hydroxylation sites is 2. The summed E-state index contributed by atoms with van der Waals surface area (Å²) in [6.07, 6.45) is -0.217. The number of nitrogens with one attached hydrogen (secondary N) is 2. The van der Waals surface area contributed by atoms with Crippen LogP contribution in [0.25, 0.3) is 11.0 Å². The van der Waals surface area contributed by atoms with E-state index < -0.39 is 23.5 Å². The summed E-state index contributed by atoms with van der Waals surface area (Å²) < 4.78 is 26.6. The van der Waals surface area contributed by atoms with Crippen molar-refractivity contribution in [2.45, 2.75) is 19.3 Å². The minimum Gasteiger partial charge on any atom is -0.341 e. The van der Waals surface area contributed by atoms with Crippen molar-refractivity contribution in [3.63, 3.8) is 0 Å². The molecule has 4 aromatic rings. The van der Waals surface area contributed by atoms with Crippen LogP contribution in [0.1, 0.15) is 34.1 Å². The minimum atomic E-state index is -1.07. The number of halogens is 2. The largest absolute Gasteiger partial charge is 0.341 e. The van der Waals surface area contributed by atoms with Gasteiger partial charge in [-0.05, 0) is 31.2 Å². The molecule has 0 saturated heterocycles. The lowest BCUT2D eigenvalue weighted by molar-refractivity contribution is -0.116. The van der Waals surface area contributed by atoms with Gasteiger partial charge in [-0.3, -0.25) is 9.59 Å². The first kappa shape index (κ1) is 20.4. The van der Waals surface area contributed by atoms with E-state index in [1.807, 2.05) is 43.3 Å². The molecule has 0 bridgehead atoms. The Labute approximate surface area is 177 Å². The van der Waals surface area contributed by atoms with E-state index >= 15 is 0 Å². The van der Waals surface area contributed by atoms with Crippen molar-refractivity contribution in [1.82, 2.24) is 9.97 Å². The van der Waals surface area contributed by atoms with E-state index in [9.17, 15) is 18.4 Å². The summed E-state index contributed by atoms with van der Waals surface area (Å²) in [5, 5.41) is 2.52. The van der Waals surface area contributed by atoms with Crippen LogP contribution < -0.4 is 5.32 Å². The Balaban J connectivity index is 1.64. The molecule has 0 aliphatic rings. The summed E-state index contributed by atoms with van der Waals surface area (Å²) in [6, 6.07) is 17.5. The highest BCUT2D eigenvalue weighted by atomic mass is 19.2. The third kappa shape index (κ3) is 4.50. The second-order valence-electron chi connectivity index (χ2n) is 7.30. The zero-order valence-corrected chi connectivity index (χ0v) is 16.7. The van der Waals surface area contributed by atoms with Crippen molar-refractivity contribution in [2.24, 2.45) is 0 Å². The number of aryl methyl sites for hydroxylation is 1. The summed E-state index contributed by atoms with van der Waals surface area (Å²) in [4.78, 5) is 33.6. The first-order valence-corrected chi connectivity index (χ1v) is 9.71. The molecule has 2 N–H and O–H groups in total. The molecule has 1 aromatic heterocycles. The van der Waals surface area contributed by atoms with E-state index in [0.717, 1.165) is 23.2 Å². The highest BCUT2D eigenvalue weighted by Gasteiger charge is 2.28. The van der Waals surface area contributed by atoms with Gasteiger partial charge in [-0.2, -0.15) is 0 Å². The lowest BCUT2D eigenvalue weighted by Crippen LogP contribution is -2.22. The van der Waals surface area contributed by atoms with Gasteiger partial charge in [-0.15, -0.1) is 0 Å². The molecule has 156 valence electrons. The minimum absolute atomic E-state index is 0.107. The lowest BCUT2D eigenvalue weighted by Gasteiger charge is -2.14. The number of imidazole rings is 1. The number of fused-ring (bicyclic) bond motifs is 1. The van der Waals surface area contributed by atoms with Crippen LogP contribution in [0, 0.1) is 18.6 Å². The second kappa shape index (κ2) is 8.47. The maximum Gasteiger partial charge on any atom is 0.225 e. The molecule has 0 spiro atoms. The molecule has 31 heavy (non-hydrogen) atoms. The number of amides is 1. The third-order valence-electron chi connectivity index (χ3n) is 4.98. The van der Waals surface area contributed by atoms with Crippen LogP contribution in [0.15, 0.2) is 66.7 Å². The summed E-state index contributed by atoms with van der Waals surface area (Å²) >= 11 is 0. The lowest BCUT2D eigenvalue weighted by atomic mass is 9.93. The van der Waals surface area contributed by atoms with Gasteiger partial charge < -0.3 is 10.3 Å². The number of rotatable bonds is 6. The maximum atomic E-state index is 13.5.